The highest BCUT2D eigenvalue weighted by Crippen LogP contribution is 2.09. The van der Waals surface area contributed by atoms with Gasteiger partial charge in [-0.1, -0.05) is 0 Å². The molecular formula is C9H12N4O5. The molecule has 98 valence electrons. The van der Waals surface area contributed by atoms with E-state index in [1.165, 1.54) is 18.4 Å². The molecule has 18 heavy (non-hydrogen) atoms. The van der Waals surface area contributed by atoms with Crippen LogP contribution in [-0.4, -0.2) is 37.5 Å². The van der Waals surface area contributed by atoms with Gasteiger partial charge in [-0.2, -0.15) is 0 Å². The maximum atomic E-state index is 11.5. The number of nitrogens with zero attached hydrogens (tertiary/aromatic N) is 3. The van der Waals surface area contributed by atoms with Crippen molar-refractivity contribution >= 4 is 17.7 Å². The molecule has 9 nitrogen and oxygen atoms in total. The SMILES string of the molecule is Cc1nc([N+](=O)[O-])cn1CC(=O)N[C@@H](C)C(=O)O. The van der Waals surface area contributed by atoms with Gasteiger partial charge in [-0.05, 0) is 16.8 Å². The smallest absolute Gasteiger partial charge is 0.381 e. The lowest BCUT2D eigenvalue weighted by molar-refractivity contribution is -0.389. The molecule has 0 aromatic carbocycles. The van der Waals surface area contributed by atoms with Crippen molar-refractivity contribution in [1.29, 1.82) is 0 Å². The highest BCUT2D eigenvalue weighted by Gasteiger charge is 2.19. The van der Waals surface area contributed by atoms with Crippen LogP contribution in [0.1, 0.15) is 12.7 Å². The molecule has 2 N–H and O–H groups in total. The van der Waals surface area contributed by atoms with E-state index < -0.39 is 22.8 Å². The van der Waals surface area contributed by atoms with Crippen LogP contribution in [0.25, 0.3) is 0 Å². The molecule has 0 fully saturated rings. The summed E-state index contributed by atoms with van der Waals surface area (Å²) in [5.41, 5.74) is 0. The Bertz CT molecular complexity index is 495. The predicted molar refractivity (Wildman–Crippen MR) is 58.9 cm³/mol. The first-order valence-corrected chi connectivity index (χ1v) is 5.01. The fourth-order valence-corrected chi connectivity index (χ4v) is 1.24. The maximum Gasteiger partial charge on any atom is 0.381 e. The standard InChI is InChI=1S/C9H12N4O5/c1-5(9(15)16)10-8(14)4-12-3-7(13(17)18)11-6(12)2/h3,5H,4H2,1-2H3,(H,10,14)(H,15,16)/t5-/m0/s1. The van der Waals surface area contributed by atoms with Crippen LogP contribution in [0.3, 0.4) is 0 Å². The molecule has 1 rings (SSSR count). The van der Waals surface area contributed by atoms with Gasteiger partial charge < -0.3 is 20.5 Å². The molecule has 1 heterocycles. The molecule has 9 heteroatoms. The highest BCUT2D eigenvalue weighted by molar-refractivity contribution is 5.83. The largest absolute Gasteiger partial charge is 0.480 e. The van der Waals surface area contributed by atoms with E-state index in [0.29, 0.717) is 5.82 Å². The van der Waals surface area contributed by atoms with Crippen LogP contribution in [0, 0.1) is 17.0 Å². The third-order valence-corrected chi connectivity index (χ3v) is 2.21. The molecule has 0 aliphatic heterocycles. The van der Waals surface area contributed by atoms with E-state index in [9.17, 15) is 19.7 Å². The first-order valence-electron chi connectivity index (χ1n) is 5.01. The Morgan fingerprint density at radius 3 is 2.72 bits per heavy atom. The van der Waals surface area contributed by atoms with Crippen LogP contribution in [0.15, 0.2) is 6.20 Å². The van der Waals surface area contributed by atoms with E-state index in [2.05, 4.69) is 10.3 Å². The number of carbonyl (C=O) groups is 2. The van der Waals surface area contributed by atoms with E-state index >= 15 is 0 Å². The van der Waals surface area contributed by atoms with Crippen molar-refractivity contribution in [2.24, 2.45) is 0 Å². The van der Waals surface area contributed by atoms with Crippen molar-refractivity contribution in [3.8, 4) is 0 Å². The van der Waals surface area contributed by atoms with Gasteiger partial charge in [0.05, 0.1) is 0 Å². The van der Waals surface area contributed by atoms with Gasteiger partial charge in [-0.25, -0.2) is 0 Å². The molecule has 1 atom stereocenters. The molecule has 0 spiro atoms. The van der Waals surface area contributed by atoms with E-state index in [1.54, 1.807) is 0 Å². The first-order chi connectivity index (χ1) is 8.31. The van der Waals surface area contributed by atoms with Gasteiger partial charge in [0, 0.05) is 6.92 Å². The van der Waals surface area contributed by atoms with Crippen LogP contribution < -0.4 is 5.32 Å². The Morgan fingerprint density at radius 1 is 1.67 bits per heavy atom. The van der Waals surface area contributed by atoms with Crippen molar-refractivity contribution in [1.82, 2.24) is 14.9 Å². The third-order valence-electron chi connectivity index (χ3n) is 2.21. The van der Waals surface area contributed by atoms with Crippen LogP contribution in [0.4, 0.5) is 5.82 Å². The van der Waals surface area contributed by atoms with Crippen molar-refractivity contribution in [2.45, 2.75) is 26.4 Å². The summed E-state index contributed by atoms with van der Waals surface area (Å²) in [5.74, 6) is -1.76. The van der Waals surface area contributed by atoms with Crippen molar-refractivity contribution in [3.63, 3.8) is 0 Å². The van der Waals surface area contributed by atoms with Crippen LogP contribution in [0.5, 0.6) is 0 Å². The Balaban J connectivity index is 2.70. The fraction of sp³-hybridized carbons (Fsp3) is 0.444. The number of hydrogen-bond donors (Lipinski definition) is 2. The van der Waals surface area contributed by atoms with E-state index in [0.717, 1.165) is 6.20 Å². The minimum atomic E-state index is -1.16. The number of aromatic nitrogens is 2. The Kier molecular flexibility index (Phi) is 3.97. The summed E-state index contributed by atoms with van der Waals surface area (Å²) in [6, 6.07) is -1.02. The van der Waals surface area contributed by atoms with Gasteiger partial charge in [-0.15, -0.1) is 0 Å². The first kappa shape index (κ1) is 13.6. The minimum Gasteiger partial charge on any atom is -0.480 e. The highest BCUT2D eigenvalue weighted by atomic mass is 16.6. The number of hydrogen-bond acceptors (Lipinski definition) is 5. The van der Waals surface area contributed by atoms with Gasteiger partial charge >= 0.3 is 11.8 Å². The van der Waals surface area contributed by atoms with Crippen molar-refractivity contribution < 1.29 is 19.6 Å². The minimum absolute atomic E-state index is 0.218. The summed E-state index contributed by atoms with van der Waals surface area (Å²) in [7, 11) is 0. The van der Waals surface area contributed by atoms with E-state index in [1.807, 2.05) is 0 Å². The molecule has 1 aromatic rings. The van der Waals surface area contributed by atoms with Gasteiger partial charge in [0.15, 0.2) is 0 Å². The zero-order chi connectivity index (χ0) is 13.9. The number of carboxylic acids is 1. The summed E-state index contributed by atoms with van der Waals surface area (Å²) in [5, 5.41) is 21.3. The predicted octanol–water partition coefficient (Wildman–Crippen LogP) is -0.311. The number of rotatable bonds is 5. The average Bonchev–Trinajstić information content (AvgIpc) is 2.60. The summed E-state index contributed by atoms with van der Waals surface area (Å²) in [6.45, 7) is 2.62. The monoisotopic (exact) mass is 256 g/mol. The maximum absolute atomic E-state index is 11.5. The third kappa shape index (κ3) is 3.27. The molecule has 0 bridgehead atoms. The molecule has 1 amide bonds. The number of aliphatic carboxylic acids is 1. The molecule has 1 aromatic heterocycles. The van der Waals surface area contributed by atoms with Crippen LogP contribution >= 0.6 is 0 Å². The zero-order valence-corrected chi connectivity index (χ0v) is 9.78. The average molecular weight is 256 g/mol. The van der Waals surface area contributed by atoms with Crippen LogP contribution in [0.2, 0.25) is 0 Å². The number of nitrogens with one attached hydrogen (secondary N) is 1. The summed E-state index contributed by atoms with van der Waals surface area (Å²) in [6.07, 6.45) is 1.13. The lowest BCUT2D eigenvalue weighted by Crippen LogP contribution is -2.40. The van der Waals surface area contributed by atoms with Gasteiger partial charge in [0.1, 0.15) is 18.8 Å². The quantitative estimate of drug-likeness (QED) is 0.549. The zero-order valence-electron chi connectivity index (χ0n) is 9.78. The molecule has 0 radical (unpaired) electrons. The van der Waals surface area contributed by atoms with Crippen molar-refractivity contribution in [2.75, 3.05) is 0 Å². The van der Waals surface area contributed by atoms with Gasteiger partial charge in [-0.3, -0.25) is 14.2 Å². The Morgan fingerprint density at radius 2 is 2.28 bits per heavy atom. The second kappa shape index (κ2) is 5.25. The molecular weight excluding hydrogens is 244 g/mol. The Labute approximate surface area is 102 Å². The lowest BCUT2D eigenvalue weighted by atomic mass is 10.3. The van der Waals surface area contributed by atoms with Gasteiger partial charge in [0.2, 0.25) is 11.7 Å². The molecule has 0 aliphatic rings. The van der Waals surface area contributed by atoms with E-state index in [4.69, 9.17) is 5.11 Å². The fourth-order valence-electron chi connectivity index (χ4n) is 1.24. The second-order valence-corrected chi connectivity index (χ2v) is 3.66. The van der Waals surface area contributed by atoms with Gasteiger partial charge in [0.25, 0.3) is 0 Å². The Hall–Kier alpha value is -2.45. The van der Waals surface area contributed by atoms with E-state index in [-0.39, 0.29) is 12.4 Å². The second-order valence-electron chi connectivity index (χ2n) is 3.66. The number of aryl methyl sites for hydroxylation is 1. The number of amides is 1. The van der Waals surface area contributed by atoms with Crippen LogP contribution in [-0.2, 0) is 16.1 Å². The molecule has 0 saturated carbocycles. The number of nitro groups is 1. The normalized spacial score (nSPS) is 11.9. The topological polar surface area (TPSA) is 127 Å². The molecule has 0 saturated heterocycles. The summed E-state index contributed by atoms with van der Waals surface area (Å²) >= 11 is 0. The summed E-state index contributed by atoms with van der Waals surface area (Å²) < 4.78 is 1.28. The lowest BCUT2D eigenvalue weighted by Gasteiger charge is -2.09. The number of carbonyl (C=O) groups excluding carboxylic acids is 1. The number of carboxylic acid groups (broad SMARTS) is 1. The summed E-state index contributed by atoms with van der Waals surface area (Å²) in [4.78, 5) is 35.4. The van der Waals surface area contributed by atoms with Crippen molar-refractivity contribution in [3.05, 3.63) is 22.1 Å². The number of imidazole rings is 1. The molecule has 0 unspecified atom stereocenters. The molecule has 0 aliphatic carbocycles.